The van der Waals surface area contributed by atoms with Gasteiger partial charge in [-0.05, 0) is 53.2 Å². The van der Waals surface area contributed by atoms with Crippen LogP contribution in [0, 0.1) is 0 Å². The number of hydrazine groups is 1. The Labute approximate surface area is 152 Å². The number of allylic oxidation sites excluding steroid dienone is 5. The van der Waals surface area contributed by atoms with Crippen LogP contribution in [0.5, 0.6) is 0 Å². The lowest BCUT2D eigenvalue weighted by molar-refractivity contribution is -0.265. The molecule has 0 aromatic rings. The van der Waals surface area contributed by atoms with E-state index in [2.05, 4.69) is 13.5 Å². The van der Waals surface area contributed by atoms with E-state index in [9.17, 15) is 9.18 Å². The molecule has 142 valence electrons. The third kappa shape index (κ3) is 6.86. The van der Waals surface area contributed by atoms with E-state index < -0.39 is 17.3 Å². The van der Waals surface area contributed by atoms with Gasteiger partial charge in [0, 0.05) is 13.5 Å². The smallest absolute Gasteiger partial charge is 0.325 e. The van der Waals surface area contributed by atoms with Gasteiger partial charge in [0.05, 0.1) is 5.54 Å². The molecular formula is C20H33FN2O2. The molecule has 0 aliphatic heterocycles. The molecule has 0 aromatic carbocycles. The van der Waals surface area contributed by atoms with Crippen LogP contribution in [0.25, 0.3) is 0 Å². The van der Waals surface area contributed by atoms with E-state index in [1.165, 1.54) is 18.2 Å². The van der Waals surface area contributed by atoms with Gasteiger partial charge in [-0.25, -0.2) is 9.18 Å². The molecule has 0 rings (SSSR count). The van der Waals surface area contributed by atoms with E-state index in [0.717, 1.165) is 18.4 Å². The van der Waals surface area contributed by atoms with Crippen molar-refractivity contribution in [2.24, 2.45) is 0 Å². The summed E-state index contributed by atoms with van der Waals surface area (Å²) >= 11 is 0. The van der Waals surface area contributed by atoms with Crippen molar-refractivity contribution < 1.29 is 14.0 Å². The zero-order chi connectivity index (χ0) is 19.6. The molecule has 0 heterocycles. The number of nitrogens with zero attached hydrogens (tertiary/aromatic N) is 2. The summed E-state index contributed by atoms with van der Waals surface area (Å²) in [6, 6.07) is 0. The van der Waals surface area contributed by atoms with Gasteiger partial charge < -0.3 is 4.84 Å². The van der Waals surface area contributed by atoms with Crippen molar-refractivity contribution in [2.75, 3.05) is 6.54 Å². The normalized spacial score (nSPS) is 13.5. The van der Waals surface area contributed by atoms with E-state index in [4.69, 9.17) is 4.84 Å². The summed E-state index contributed by atoms with van der Waals surface area (Å²) in [5.74, 6) is -0.993. The van der Waals surface area contributed by atoms with Crippen molar-refractivity contribution in [1.29, 1.82) is 0 Å². The maximum atomic E-state index is 14.6. The Morgan fingerprint density at radius 3 is 2.28 bits per heavy atom. The van der Waals surface area contributed by atoms with Crippen molar-refractivity contribution in [1.82, 2.24) is 10.2 Å². The van der Waals surface area contributed by atoms with Crippen molar-refractivity contribution >= 4 is 5.97 Å². The lowest BCUT2D eigenvalue weighted by Crippen LogP contribution is -2.55. The van der Waals surface area contributed by atoms with Crippen LogP contribution in [-0.2, 0) is 9.63 Å². The highest BCUT2D eigenvalue weighted by Gasteiger charge is 2.36. The predicted molar refractivity (Wildman–Crippen MR) is 102 cm³/mol. The maximum Gasteiger partial charge on any atom is 0.331 e. The SMILES string of the molecule is C=C(C)C(C)(C)N(CCCC)N(OC(C)=O)C(=C/C=C\C)/C(F)=C\C. The van der Waals surface area contributed by atoms with Crippen molar-refractivity contribution in [2.45, 2.75) is 66.8 Å². The number of hydroxylamine groups is 1. The Bertz CT molecular complexity index is 548. The summed E-state index contributed by atoms with van der Waals surface area (Å²) in [6.45, 7) is 17.3. The van der Waals surface area contributed by atoms with Crippen molar-refractivity contribution in [3.8, 4) is 0 Å². The molecule has 0 unspecified atom stereocenters. The number of rotatable bonds is 10. The summed E-state index contributed by atoms with van der Waals surface area (Å²) in [7, 11) is 0. The van der Waals surface area contributed by atoms with Gasteiger partial charge in [0.15, 0.2) is 0 Å². The van der Waals surface area contributed by atoms with Crippen LogP contribution < -0.4 is 0 Å². The predicted octanol–water partition coefficient (Wildman–Crippen LogP) is 5.47. The zero-order valence-corrected chi connectivity index (χ0v) is 16.7. The molecule has 25 heavy (non-hydrogen) atoms. The molecule has 4 nitrogen and oxygen atoms in total. The molecule has 0 N–H and O–H groups in total. The molecule has 0 spiro atoms. The van der Waals surface area contributed by atoms with Crippen molar-refractivity contribution in [3.05, 3.63) is 48.0 Å². The Morgan fingerprint density at radius 2 is 1.88 bits per heavy atom. The molecule has 0 radical (unpaired) electrons. The van der Waals surface area contributed by atoms with Crippen LogP contribution in [0.2, 0.25) is 0 Å². The number of carbonyl (C=O) groups excluding carboxylic acids is 1. The number of hydrogen-bond donors (Lipinski definition) is 0. The maximum absolute atomic E-state index is 14.6. The first-order chi connectivity index (χ1) is 11.6. The summed E-state index contributed by atoms with van der Waals surface area (Å²) in [6.07, 6.45) is 8.25. The van der Waals surface area contributed by atoms with Gasteiger partial charge in [-0.1, -0.05) is 37.6 Å². The minimum absolute atomic E-state index is 0.168. The third-order valence-corrected chi connectivity index (χ3v) is 4.00. The monoisotopic (exact) mass is 352 g/mol. The average Bonchev–Trinajstić information content (AvgIpc) is 2.53. The highest BCUT2D eigenvalue weighted by molar-refractivity contribution is 5.65. The molecule has 5 heteroatoms. The van der Waals surface area contributed by atoms with Crippen LogP contribution in [0.3, 0.4) is 0 Å². The summed E-state index contributed by atoms with van der Waals surface area (Å²) in [5.41, 5.74) is 0.515. The van der Waals surface area contributed by atoms with E-state index in [-0.39, 0.29) is 5.70 Å². The van der Waals surface area contributed by atoms with Crippen LogP contribution in [0.15, 0.2) is 48.0 Å². The second-order valence-corrected chi connectivity index (χ2v) is 6.39. The molecule has 0 bridgehead atoms. The average molecular weight is 352 g/mol. The Balaban J connectivity index is 6.28. The summed E-state index contributed by atoms with van der Waals surface area (Å²) in [5, 5.41) is 3.11. The van der Waals surface area contributed by atoms with E-state index in [1.54, 1.807) is 25.2 Å². The van der Waals surface area contributed by atoms with Gasteiger partial charge >= 0.3 is 5.97 Å². The third-order valence-electron chi connectivity index (χ3n) is 4.00. The number of halogens is 1. The molecule has 0 saturated heterocycles. The standard InChI is InChI=1S/C20H33FN2O2/c1-9-12-14-19(18(21)11-3)23(25-17(6)24)22(15-13-10-2)20(7,8)16(4)5/h9,11-12,14H,4,10,13,15H2,1-3,5-8H3/b12-9-,18-11+,19-14+. The number of hydrogen-bond acceptors (Lipinski definition) is 4. The number of unbranched alkanes of at least 4 members (excludes halogenated alkanes) is 1. The van der Waals surface area contributed by atoms with Crippen LogP contribution in [0.1, 0.15) is 61.3 Å². The summed E-state index contributed by atoms with van der Waals surface area (Å²) < 4.78 is 14.6. The summed E-state index contributed by atoms with van der Waals surface area (Å²) in [4.78, 5) is 17.1. The second kappa shape index (κ2) is 10.9. The largest absolute Gasteiger partial charge is 0.331 e. The highest BCUT2D eigenvalue weighted by Crippen LogP contribution is 2.30. The molecule has 0 fully saturated rings. The first kappa shape index (κ1) is 23.1. The van der Waals surface area contributed by atoms with Gasteiger partial charge in [-0.15, -0.1) is 5.17 Å². The topological polar surface area (TPSA) is 32.8 Å². The lowest BCUT2D eigenvalue weighted by atomic mass is 9.95. The van der Waals surface area contributed by atoms with Gasteiger partial charge in [0.2, 0.25) is 0 Å². The fourth-order valence-corrected chi connectivity index (χ4v) is 2.05. The number of carbonyl (C=O) groups is 1. The first-order valence-electron chi connectivity index (χ1n) is 8.70. The Hall–Kier alpha value is -1.88. The fourth-order valence-electron chi connectivity index (χ4n) is 2.05. The minimum Gasteiger partial charge on any atom is -0.325 e. The van der Waals surface area contributed by atoms with E-state index in [1.807, 2.05) is 32.7 Å². The first-order valence-corrected chi connectivity index (χ1v) is 8.70. The molecule has 0 atom stereocenters. The Kier molecular flexibility index (Phi) is 10.1. The van der Waals surface area contributed by atoms with Gasteiger partial charge in [0.25, 0.3) is 0 Å². The molecular weight excluding hydrogens is 319 g/mol. The lowest BCUT2D eigenvalue weighted by Gasteiger charge is -2.45. The van der Waals surface area contributed by atoms with Crippen LogP contribution in [0.4, 0.5) is 4.39 Å². The fraction of sp³-hybridized carbons (Fsp3) is 0.550. The van der Waals surface area contributed by atoms with Gasteiger partial charge in [-0.2, -0.15) is 5.01 Å². The van der Waals surface area contributed by atoms with Crippen LogP contribution >= 0.6 is 0 Å². The van der Waals surface area contributed by atoms with Gasteiger partial charge in [-0.3, -0.25) is 0 Å². The Morgan fingerprint density at radius 1 is 1.28 bits per heavy atom. The molecule has 0 saturated carbocycles. The van der Waals surface area contributed by atoms with Gasteiger partial charge in [0.1, 0.15) is 11.5 Å². The molecule has 0 aromatic heterocycles. The van der Waals surface area contributed by atoms with Crippen molar-refractivity contribution in [3.63, 3.8) is 0 Å². The minimum atomic E-state index is -0.534. The van der Waals surface area contributed by atoms with E-state index in [0.29, 0.717) is 6.54 Å². The van der Waals surface area contributed by atoms with E-state index >= 15 is 0 Å². The highest BCUT2D eigenvalue weighted by atomic mass is 19.1. The second-order valence-electron chi connectivity index (χ2n) is 6.39. The molecule has 0 amide bonds. The van der Waals surface area contributed by atoms with Crippen LogP contribution in [-0.4, -0.2) is 28.2 Å². The molecule has 0 aliphatic carbocycles. The molecule has 0 aliphatic rings. The zero-order valence-electron chi connectivity index (χ0n) is 16.7. The quantitative estimate of drug-likeness (QED) is 0.296.